The Morgan fingerprint density at radius 1 is 0.962 bits per heavy atom. The zero-order chi connectivity index (χ0) is 19.3. The second-order valence-electron chi connectivity index (χ2n) is 6.20. The third-order valence-electron chi connectivity index (χ3n) is 3.68. The van der Waals surface area contributed by atoms with Gasteiger partial charge in [-0.15, -0.1) is 0 Å². The monoisotopic (exact) mass is 364 g/mol. The van der Waals surface area contributed by atoms with Crippen molar-refractivity contribution in [2.45, 2.75) is 20.3 Å². The maximum atomic E-state index is 13.7. The number of hydrogen-bond donors (Lipinski definition) is 2. The van der Waals surface area contributed by atoms with E-state index >= 15 is 0 Å². The Morgan fingerprint density at radius 2 is 1.62 bits per heavy atom. The number of halogens is 3. The van der Waals surface area contributed by atoms with E-state index in [1.165, 1.54) is 18.2 Å². The molecule has 138 valence electrons. The van der Waals surface area contributed by atoms with Gasteiger partial charge in [-0.05, 0) is 42.7 Å². The largest absolute Gasteiger partial charge is 0.352 e. The lowest BCUT2D eigenvalue weighted by atomic mass is 10.1. The summed E-state index contributed by atoms with van der Waals surface area (Å²) in [6.07, 6.45) is 0.821. The molecule has 2 aromatic carbocycles. The molecule has 2 aromatic rings. The normalized spacial score (nSPS) is 10.7. The lowest BCUT2D eigenvalue weighted by molar-refractivity contribution is 0.0952. The third kappa shape index (κ3) is 4.84. The van der Waals surface area contributed by atoms with Crippen LogP contribution in [0.1, 0.15) is 41.0 Å². The Balaban J connectivity index is 2.11. The topological polar surface area (TPSA) is 58.2 Å². The summed E-state index contributed by atoms with van der Waals surface area (Å²) in [6.45, 7) is 4.58. The number of carbonyl (C=O) groups is 2. The summed E-state index contributed by atoms with van der Waals surface area (Å²) in [7, 11) is 0. The molecule has 0 aromatic heterocycles. The molecule has 0 saturated heterocycles. The van der Waals surface area contributed by atoms with E-state index in [0.717, 1.165) is 12.5 Å². The first-order valence-electron chi connectivity index (χ1n) is 8.12. The molecule has 0 spiro atoms. The number of nitrogens with one attached hydrogen (secondary N) is 2. The van der Waals surface area contributed by atoms with E-state index in [2.05, 4.69) is 10.6 Å². The van der Waals surface area contributed by atoms with Crippen LogP contribution < -0.4 is 10.6 Å². The van der Waals surface area contributed by atoms with Crippen molar-refractivity contribution in [3.8, 4) is 0 Å². The second-order valence-corrected chi connectivity index (χ2v) is 6.20. The van der Waals surface area contributed by atoms with Gasteiger partial charge in [0.2, 0.25) is 0 Å². The average molecular weight is 364 g/mol. The van der Waals surface area contributed by atoms with Crippen LogP contribution in [0.25, 0.3) is 0 Å². The lowest BCUT2D eigenvalue weighted by Crippen LogP contribution is -2.25. The smallest absolute Gasteiger partial charge is 0.255 e. The van der Waals surface area contributed by atoms with Gasteiger partial charge in [-0.2, -0.15) is 0 Å². The average Bonchev–Trinajstić information content (AvgIpc) is 2.62. The predicted molar refractivity (Wildman–Crippen MR) is 92.5 cm³/mol. The van der Waals surface area contributed by atoms with Crippen LogP contribution in [0.5, 0.6) is 0 Å². The van der Waals surface area contributed by atoms with Crippen molar-refractivity contribution in [1.29, 1.82) is 0 Å². The number of amides is 2. The molecule has 0 saturated carbocycles. The van der Waals surface area contributed by atoms with Crippen molar-refractivity contribution in [2.24, 2.45) is 5.92 Å². The van der Waals surface area contributed by atoms with Gasteiger partial charge in [0.05, 0.1) is 5.69 Å². The van der Waals surface area contributed by atoms with Gasteiger partial charge in [-0.1, -0.05) is 19.9 Å². The Labute approximate surface area is 149 Å². The van der Waals surface area contributed by atoms with E-state index in [0.29, 0.717) is 18.5 Å². The van der Waals surface area contributed by atoms with E-state index in [1.54, 1.807) is 6.07 Å². The molecule has 0 aliphatic carbocycles. The van der Waals surface area contributed by atoms with Crippen molar-refractivity contribution >= 4 is 17.5 Å². The Hall–Kier alpha value is -2.83. The zero-order valence-electron chi connectivity index (χ0n) is 14.4. The number of hydrogen-bond acceptors (Lipinski definition) is 2. The van der Waals surface area contributed by atoms with Crippen molar-refractivity contribution in [3.05, 3.63) is 65.0 Å². The zero-order valence-corrected chi connectivity index (χ0v) is 14.4. The molecular formula is C19H19F3N2O2. The highest BCUT2D eigenvalue weighted by Gasteiger charge is 2.17. The highest BCUT2D eigenvalue weighted by Crippen LogP contribution is 2.20. The Bertz CT molecular complexity index is 822. The van der Waals surface area contributed by atoms with Gasteiger partial charge in [-0.3, -0.25) is 9.59 Å². The van der Waals surface area contributed by atoms with E-state index in [-0.39, 0.29) is 17.0 Å². The molecular weight excluding hydrogens is 345 g/mol. The fraction of sp³-hybridized carbons (Fsp3) is 0.263. The molecule has 0 fully saturated rings. The van der Waals surface area contributed by atoms with Crippen LogP contribution in [0.15, 0.2) is 36.4 Å². The summed E-state index contributed by atoms with van der Waals surface area (Å²) in [6, 6.07) is 7.46. The Kier molecular flexibility index (Phi) is 6.38. The molecule has 4 nitrogen and oxygen atoms in total. The van der Waals surface area contributed by atoms with Gasteiger partial charge in [-0.25, -0.2) is 13.2 Å². The summed E-state index contributed by atoms with van der Waals surface area (Å²) in [5.74, 6) is -5.13. The van der Waals surface area contributed by atoms with Gasteiger partial charge < -0.3 is 10.6 Å². The molecule has 0 unspecified atom stereocenters. The summed E-state index contributed by atoms with van der Waals surface area (Å²) in [4.78, 5) is 24.3. The molecule has 0 radical (unpaired) electrons. The first-order valence-corrected chi connectivity index (χ1v) is 8.12. The van der Waals surface area contributed by atoms with Crippen molar-refractivity contribution in [2.75, 3.05) is 11.9 Å². The molecule has 0 heterocycles. The van der Waals surface area contributed by atoms with Crippen LogP contribution in [-0.2, 0) is 0 Å². The van der Waals surface area contributed by atoms with E-state index in [9.17, 15) is 22.8 Å². The minimum Gasteiger partial charge on any atom is -0.352 e. The van der Waals surface area contributed by atoms with Gasteiger partial charge in [0.15, 0.2) is 17.5 Å². The van der Waals surface area contributed by atoms with E-state index in [4.69, 9.17) is 0 Å². The van der Waals surface area contributed by atoms with Crippen molar-refractivity contribution in [3.63, 3.8) is 0 Å². The van der Waals surface area contributed by atoms with Crippen LogP contribution in [0.3, 0.4) is 0 Å². The molecule has 0 atom stereocenters. The lowest BCUT2D eigenvalue weighted by Gasteiger charge is -2.10. The van der Waals surface area contributed by atoms with E-state index < -0.39 is 29.0 Å². The van der Waals surface area contributed by atoms with Gasteiger partial charge >= 0.3 is 0 Å². The van der Waals surface area contributed by atoms with Gasteiger partial charge in [0, 0.05) is 17.7 Å². The summed E-state index contributed by atoms with van der Waals surface area (Å²) < 4.78 is 39.8. The maximum absolute atomic E-state index is 13.7. The van der Waals surface area contributed by atoms with Crippen LogP contribution in [-0.4, -0.2) is 18.4 Å². The fourth-order valence-corrected chi connectivity index (χ4v) is 2.20. The number of carbonyl (C=O) groups excluding carboxylic acids is 2. The van der Waals surface area contributed by atoms with Gasteiger partial charge in [0.25, 0.3) is 11.8 Å². The quantitative estimate of drug-likeness (QED) is 0.757. The third-order valence-corrected chi connectivity index (χ3v) is 3.68. The molecule has 0 bridgehead atoms. The summed E-state index contributed by atoms with van der Waals surface area (Å²) in [5.41, 5.74) is -0.126. The highest BCUT2D eigenvalue weighted by atomic mass is 19.2. The van der Waals surface area contributed by atoms with Gasteiger partial charge in [0.1, 0.15) is 0 Å². The standard InChI is InChI=1S/C19H19F3N2O2/c1-11(2)8-9-23-18(25)12-4-3-5-13(10-12)19(26)24-15-7-6-14(20)16(21)17(15)22/h3-7,10-11H,8-9H2,1-2H3,(H,23,25)(H,24,26). The first kappa shape index (κ1) is 19.5. The molecule has 2 rings (SSSR count). The van der Waals surface area contributed by atoms with Crippen molar-refractivity contribution < 1.29 is 22.8 Å². The highest BCUT2D eigenvalue weighted by molar-refractivity contribution is 6.06. The Morgan fingerprint density at radius 3 is 2.27 bits per heavy atom. The SMILES string of the molecule is CC(C)CCNC(=O)c1cccc(C(=O)Nc2ccc(F)c(F)c2F)c1. The fourth-order valence-electron chi connectivity index (χ4n) is 2.20. The molecule has 7 heteroatoms. The van der Waals surface area contributed by atoms with Crippen LogP contribution in [0.2, 0.25) is 0 Å². The van der Waals surface area contributed by atoms with Crippen LogP contribution in [0, 0.1) is 23.4 Å². The predicted octanol–water partition coefficient (Wildman–Crippen LogP) is 4.13. The van der Waals surface area contributed by atoms with Crippen LogP contribution >= 0.6 is 0 Å². The number of anilines is 1. The summed E-state index contributed by atoms with van der Waals surface area (Å²) in [5, 5.41) is 4.91. The minimum atomic E-state index is -1.67. The summed E-state index contributed by atoms with van der Waals surface area (Å²) >= 11 is 0. The molecule has 0 aliphatic rings. The number of rotatable bonds is 6. The molecule has 2 amide bonds. The number of benzene rings is 2. The van der Waals surface area contributed by atoms with Crippen LogP contribution in [0.4, 0.5) is 18.9 Å². The molecule has 0 aliphatic heterocycles. The maximum Gasteiger partial charge on any atom is 0.255 e. The van der Waals surface area contributed by atoms with Crippen molar-refractivity contribution in [1.82, 2.24) is 5.32 Å². The first-order chi connectivity index (χ1) is 12.3. The second kappa shape index (κ2) is 8.51. The molecule has 26 heavy (non-hydrogen) atoms. The molecule has 2 N–H and O–H groups in total. The van der Waals surface area contributed by atoms with E-state index in [1.807, 2.05) is 13.8 Å². The minimum absolute atomic E-state index is 0.0886.